The van der Waals surface area contributed by atoms with Gasteiger partial charge >= 0.3 is 0 Å². The van der Waals surface area contributed by atoms with Gasteiger partial charge in [-0.05, 0) is 67.6 Å². The maximum atomic E-state index is 13.7. The van der Waals surface area contributed by atoms with Gasteiger partial charge in [-0.3, -0.25) is 9.59 Å². The van der Waals surface area contributed by atoms with Crippen molar-refractivity contribution in [3.8, 4) is 0 Å². The Morgan fingerprint density at radius 2 is 1.86 bits per heavy atom. The van der Waals surface area contributed by atoms with Gasteiger partial charge in [0.25, 0.3) is 5.91 Å². The molecule has 2 aliphatic rings. The van der Waals surface area contributed by atoms with E-state index in [-0.39, 0.29) is 42.0 Å². The molecule has 1 N–H and O–H groups in total. The number of imidazole rings is 1. The number of benzene rings is 1. The summed E-state index contributed by atoms with van der Waals surface area (Å²) >= 11 is 0. The lowest BCUT2D eigenvalue weighted by atomic mass is 9.83. The van der Waals surface area contributed by atoms with Crippen LogP contribution in [0.5, 0.6) is 0 Å². The van der Waals surface area contributed by atoms with Crippen LogP contribution in [0.2, 0.25) is 0 Å². The number of aryl methyl sites for hydroxylation is 1. The molecule has 7 nitrogen and oxygen atoms in total. The van der Waals surface area contributed by atoms with Crippen molar-refractivity contribution in [1.29, 1.82) is 0 Å². The molecule has 1 unspecified atom stereocenters. The molecule has 0 radical (unpaired) electrons. The molecule has 192 valence electrons. The molecule has 2 fully saturated rings. The number of aliphatic hydroxyl groups is 1. The van der Waals surface area contributed by atoms with E-state index in [9.17, 15) is 14.7 Å². The molecule has 2 atom stereocenters. The number of hydrogen-bond acceptors (Lipinski definition) is 4. The predicted molar refractivity (Wildman–Crippen MR) is 139 cm³/mol. The second-order valence-corrected chi connectivity index (χ2v) is 11.8. The van der Waals surface area contributed by atoms with Gasteiger partial charge in [0.15, 0.2) is 5.82 Å². The number of amides is 2. The zero-order valence-electron chi connectivity index (χ0n) is 22.5. The molecule has 4 rings (SSSR count). The molecule has 7 heteroatoms. The molecule has 2 heterocycles. The normalized spacial score (nSPS) is 24.8. The van der Waals surface area contributed by atoms with Gasteiger partial charge in [-0.2, -0.15) is 0 Å². The van der Waals surface area contributed by atoms with E-state index in [4.69, 9.17) is 4.98 Å². The van der Waals surface area contributed by atoms with E-state index in [2.05, 4.69) is 46.8 Å². The minimum atomic E-state index is -0.252. The SMILES string of the molecule is CCC(C)c1cc(C(C)(C)C)c2nc(C(=O)N3CC(=O)N([C@H]4CC[C@H](O)CC4)C[C@H]3C)n(C)c2c1. The largest absolute Gasteiger partial charge is 0.393 e. The molecule has 0 bridgehead atoms. The number of carbonyl (C=O) groups excluding carboxylic acids is 2. The summed E-state index contributed by atoms with van der Waals surface area (Å²) in [5.74, 6) is 0.612. The van der Waals surface area contributed by atoms with Gasteiger partial charge in [-0.25, -0.2) is 4.98 Å². The number of piperazine rings is 1. The summed E-state index contributed by atoms with van der Waals surface area (Å²) in [5, 5.41) is 9.84. The van der Waals surface area contributed by atoms with Gasteiger partial charge in [0.2, 0.25) is 5.91 Å². The molecule has 1 saturated carbocycles. The number of rotatable bonds is 4. The molecule has 1 aliphatic heterocycles. The Bertz CT molecular complexity index is 1110. The Labute approximate surface area is 209 Å². The van der Waals surface area contributed by atoms with E-state index >= 15 is 0 Å². The van der Waals surface area contributed by atoms with Crippen molar-refractivity contribution in [3.05, 3.63) is 29.1 Å². The van der Waals surface area contributed by atoms with Crippen LogP contribution in [0, 0.1) is 0 Å². The van der Waals surface area contributed by atoms with Gasteiger partial charge < -0.3 is 19.5 Å². The van der Waals surface area contributed by atoms with E-state index in [1.165, 1.54) is 5.56 Å². The van der Waals surface area contributed by atoms with Gasteiger partial charge in [0.1, 0.15) is 6.54 Å². The molecule has 1 aromatic carbocycles. The smallest absolute Gasteiger partial charge is 0.290 e. The first-order chi connectivity index (χ1) is 16.4. The maximum Gasteiger partial charge on any atom is 0.290 e. The van der Waals surface area contributed by atoms with Crippen LogP contribution >= 0.6 is 0 Å². The summed E-state index contributed by atoms with van der Waals surface area (Å²) in [4.78, 5) is 35.3. The minimum Gasteiger partial charge on any atom is -0.393 e. The zero-order valence-corrected chi connectivity index (χ0v) is 22.5. The third-order valence-electron chi connectivity index (χ3n) is 8.18. The average molecular weight is 483 g/mol. The Kier molecular flexibility index (Phi) is 7.02. The van der Waals surface area contributed by atoms with Crippen molar-refractivity contribution in [1.82, 2.24) is 19.4 Å². The van der Waals surface area contributed by atoms with Crippen molar-refractivity contribution >= 4 is 22.8 Å². The van der Waals surface area contributed by atoms with Gasteiger partial charge in [0.05, 0.1) is 17.1 Å². The summed E-state index contributed by atoms with van der Waals surface area (Å²) < 4.78 is 1.91. The fourth-order valence-corrected chi connectivity index (χ4v) is 5.59. The van der Waals surface area contributed by atoms with Gasteiger partial charge in [-0.1, -0.05) is 40.7 Å². The molecule has 2 amide bonds. The predicted octanol–water partition coefficient (Wildman–Crippen LogP) is 4.36. The Morgan fingerprint density at radius 3 is 2.46 bits per heavy atom. The highest BCUT2D eigenvalue weighted by molar-refractivity contribution is 5.98. The van der Waals surface area contributed by atoms with Gasteiger partial charge in [0, 0.05) is 25.7 Å². The molecular weight excluding hydrogens is 440 g/mol. The van der Waals surface area contributed by atoms with Crippen LogP contribution in [-0.4, -0.2) is 67.5 Å². The summed E-state index contributed by atoms with van der Waals surface area (Å²) in [6, 6.07) is 4.50. The van der Waals surface area contributed by atoms with Crippen molar-refractivity contribution in [2.24, 2.45) is 7.05 Å². The Hall–Kier alpha value is -2.41. The average Bonchev–Trinajstić information content (AvgIpc) is 3.15. The third-order valence-corrected chi connectivity index (χ3v) is 8.18. The topological polar surface area (TPSA) is 78.7 Å². The monoisotopic (exact) mass is 482 g/mol. The second kappa shape index (κ2) is 9.57. The highest BCUT2D eigenvalue weighted by Crippen LogP contribution is 2.35. The highest BCUT2D eigenvalue weighted by Gasteiger charge is 2.38. The van der Waals surface area contributed by atoms with Crippen LogP contribution in [0.3, 0.4) is 0 Å². The van der Waals surface area contributed by atoms with Crippen molar-refractivity contribution in [2.75, 3.05) is 13.1 Å². The van der Waals surface area contributed by atoms with E-state index in [0.29, 0.717) is 18.3 Å². The summed E-state index contributed by atoms with van der Waals surface area (Å²) in [7, 11) is 1.91. The number of hydrogen-bond donors (Lipinski definition) is 1. The highest BCUT2D eigenvalue weighted by atomic mass is 16.3. The summed E-state index contributed by atoms with van der Waals surface area (Å²) in [5.41, 5.74) is 4.14. The fourth-order valence-electron chi connectivity index (χ4n) is 5.59. The first kappa shape index (κ1) is 25.7. The number of nitrogens with zero attached hydrogens (tertiary/aromatic N) is 4. The first-order valence-corrected chi connectivity index (χ1v) is 13.2. The summed E-state index contributed by atoms with van der Waals surface area (Å²) in [6.07, 6.45) is 3.92. The van der Waals surface area contributed by atoms with E-state index in [1.807, 2.05) is 23.4 Å². The lowest BCUT2D eigenvalue weighted by molar-refractivity contribution is -0.141. The molecular formula is C28H42N4O3. The van der Waals surface area contributed by atoms with Crippen molar-refractivity contribution in [3.63, 3.8) is 0 Å². The number of carbonyl (C=O) groups is 2. The van der Waals surface area contributed by atoms with Crippen LogP contribution in [0.25, 0.3) is 11.0 Å². The van der Waals surface area contributed by atoms with E-state index in [0.717, 1.165) is 48.7 Å². The lowest BCUT2D eigenvalue weighted by Gasteiger charge is -2.44. The van der Waals surface area contributed by atoms with Crippen LogP contribution in [0.1, 0.15) is 101 Å². The number of aromatic nitrogens is 2. The molecule has 1 aliphatic carbocycles. The van der Waals surface area contributed by atoms with Crippen LogP contribution in [0.15, 0.2) is 12.1 Å². The fraction of sp³-hybridized carbons (Fsp3) is 0.679. The number of aliphatic hydroxyl groups excluding tert-OH is 1. The van der Waals surface area contributed by atoms with E-state index < -0.39 is 0 Å². The summed E-state index contributed by atoms with van der Waals surface area (Å²) in [6.45, 7) is 13.6. The molecule has 0 spiro atoms. The van der Waals surface area contributed by atoms with Crippen molar-refractivity contribution < 1.29 is 14.7 Å². The van der Waals surface area contributed by atoms with Gasteiger partial charge in [-0.15, -0.1) is 0 Å². The Balaban J connectivity index is 1.65. The minimum absolute atomic E-state index is 0.00830. The zero-order chi connectivity index (χ0) is 25.7. The number of fused-ring (bicyclic) bond motifs is 1. The van der Waals surface area contributed by atoms with Crippen LogP contribution < -0.4 is 0 Å². The first-order valence-electron chi connectivity index (χ1n) is 13.2. The van der Waals surface area contributed by atoms with Crippen molar-refractivity contribution in [2.45, 2.75) is 103 Å². The standard InChI is InChI=1S/C28H42N4O3/c1-8-17(2)19-13-22(28(4,5)6)25-23(14-19)30(7)26(29-25)27(35)31-16-24(34)32(15-18(31)3)20-9-11-21(33)12-10-20/h13-14,17-18,20-21,33H,8-12,15-16H2,1-7H3/t17?,18-,20-,21-/m1/s1. The van der Waals surface area contributed by atoms with Crippen LogP contribution in [-0.2, 0) is 17.3 Å². The Morgan fingerprint density at radius 1 is 1.20 bits per heavy atom. The lowest BCUT2D eigenvalue weighted by Crippen LogP contribution is -2.60. The van der Waals surface area contributed by atoms with E-state index in [1.54, 1.807) is 4.90 Å². The maximum absolute atomic E-state index is 13.7. The molecule has 1 aromatic heterocycles. The molecule has 1 saturated heterocycles. The second-order valence-electron chi connectivity index (χ2n) is 11.8. The molecule has 35 heavy (non-hydrogen) atoms. The third kappa shape index (κ3) is 4.84. The molecule has 2 aromatic rings. The van der Waals surface area contributed by atoms with Crippen LogP contribution in [0.4, 0.5) is 0 Å². The quantitative estimate of drug-likeness (QED) is 0.702.